The normalized spacial score (nSPS) is 22.3. The number of aliphatic imine (C=N–C) groups is 1. The number of methoxy groups -OCH3 is 1. The lowest BCUT2D eigenvalue weighted by Gasteiger charge is -2.39. The molecule has 0 spiro atoms. The maximum atomic E-state index is 5.08. The van der Waals surface area contributed by atoms with Gasteiger partial charge < -0.3 is 19.5 Å². The summed E-state index contributed by atoms with van der Waals surface area (Å²) in [5.41, 5.74) is 0. The number of hydrogen-bond acceptors (Lipinski definition) is 3. The van der Waals surface area contributed by atoms with E-state index in [0.717, 1.165) is 38.6 Å². The summed E-state index contributed by atoms with van der Waals surface area (Å²) in [7, 11) is 3.58. The van der Waals surface area contributed by atoms with Crippen molar-refractivity contribution in [2.75, 3.05) is 40.4 Å². The van der Waals surface area contributed by atoms with E-state index in [1.54, 1.807) is 7.11 Å². The molecule has 7 heteroatoms. The molecule has 2 rings (SSSR count). The van der Waals surface area contributed by atoms with Gasteiger partial charge in [-0.05, 0) is 18.8 Å². The van der Waals surface area contributed by atoms with E-state index in [4.69, 9.17) is 4.74 Å². The molecule has 6 nitrogen and oxygen atoms in total. The van der Waals surface area contributed by atoms with Gasteiger partial charge in [-0.2, -0.15) is 0 Å². The van der Waals surface area contributed by atoms with Crippen LogP contribution in [0.5, 0.6) is 0 Å². The second kappa shape index (κ2) is 10.0. The first kappa shape index (κ1) is 19.2. The molecule has 2 heterocycles. The Morgan fingerprint density at radius 2 is 2.32 bits per heavy atom. The lowest BCUT2D eigenvalue weighted by atomic mass is 9.93. The molecule has 1 aliphatic rings. The fourth-order valence-corrected chi connectivity index (χ4v) is 2.84. The van der Waals surface area contributed by atoms with E-state index >= 15 is 0 Å². The third kappa shape index (κ3) is 5.12. The number of nitrogens with zero attached hydrogens (tertiary/aromatic N) is 4. The molecule has 126 valence electrons. The van der Waals surface area contributed by atoms with Gasteiger partial charge in [0.1, 0.15) is 0 Å². The van der Waals surface area contributed by atoms with Crippen LogP contribution in [0.15, 0.2) is 23.7 Å². The molecular weight excluding hydrogens is 393 g/mol. The Balaban J connectivity index is 0.00000242. The largest absolute Gasteiger partial charge is 0.385 e. The Morgan fingerprint density at radius 1 is 1.50 bits per heavy atom. The Bertz CT molecular complexity index is 437. The van der Waals surface area contributed by atoms with Crippen LogP contribution in [-0.2, 0) is 4.74 Å². The zero-order valence-corrected chi connectivity index (χ0v) is 16.1. The molecule has 1 saturated heterocycles. The quantitative estimate of drug-likeness (QED) is 0.342. The predicted molar refractivity (Wildman–Crippen MR) is 99.9 cm³/mol. The minimum Gasteiger partial charge on any atom is -0.385 e. The molecule has 2 atom stereocenters. The van der Waals surface area contributed by atoms with Crippen molar-refractivity contribution >= 4 is 29.9 Å². The highest BCUT2D eigenvalue weighted by molar-refractivity contribution is 14.0. The highest BCUT2D eigenvalue weighted by atomic mass is 127. The zero-order chi connectivity index (χ0) is 15.1. The van der Waals surface area contributed by atoms with Gasteiger partial charge in [-0.15, -0.1) is 24.0 Å². The molecule has 1 aromatic heterocycles. The summed E-state index contributed by atoms with van der Waals surface area (Å²) in [6.07, 6.45) is 7.98. The first-order valence-corrected chi connectivity index (χ1v) is 7.68. The minimum atomic E-state index is 0. The van der Waals surface area contributed by atoms with E-state index in [-0.39, 0.29) is 24.0 Å². The number of hydrogen-bond donors (Lipinski definition) is 1. The molecule has 1 aromatic rings. The second-order valence-corrected chi connectivity index (χ2v) is 5.61. The van der Waals surface area contributed by atoms with Gasteiger partial charge in [0.2, 0.25) is 0 Å². The first-order valence-electron chi connectivity index (χ1n) is 7.68. The number of ether oxygens (including phenoxy) is 1. The summed E-state index contributed by atoms with van der Waals surface area (Å²) in [5, 5.41) is 3.43. The molecule has 1 fully saturated rings. The monoisotopic (exact) mass is 421 g/mol. The van der Waals surface area contributed by atoms with Crippen molar-refractivity contribution < 1.29 is 4.74 Å². The van der Waals surface area contributed by atoms with Crippen LogP contribution in [0.4, 0.5) is 0 Å². The molecule has 22 heavy (non-hydrogen) atoms. The molecule has 0 amide bonds. The summed E-state index contributed by atoms with van der Waals surface area (Å²) in [6, 6.07) is 0.457. The van der Waals surface area contributed by atoms with Crippen LogP contribution in [0, 0.1) is 5.92 Å². The van der Waals surface area contributed by atoms with E-state index in [2.05, 4.69) is 37.9 Å². The molecule has 0 bridgehead atoms. The first-order chi connectivity index (χ1) is 10.3. The number of halogens is 1. The van der Waals surface area contributed by atoms with Crippen LogP contribution in [0.2, 0.25) is 0 Å². The van der Waals surface area contributed by atoms with Gasteiger partial charge in [-0.25, -0.2) is 4.98 Å². The Kier molecular flexibility index (Phi) is 8.77. The number of nitrogens with one attached hydrogen (secondary N) is 1. The summed E-state index contributed by atoms with van der Waals surface area (Å²) in [5.74, 6) is 1.64. The summed E-state index contributed by atoms with van der Waals surface area (Å²) < 4.78 is 7.30. The third-order valence-electron chi connectivity index (χ3n) is 4.15. The average molecular weight is 421 g/mol. The lowest BCUT2D eigenvalue weighted by molar-refractivity contribution is 0.185. The van der Waals surface area contributed by atoms with Gasteiger partial charge in [-0.1, -0.05) is 6.92 Å². The molecule has 2 unspecified atom stereocenters. The van der Waals surface area contributed by atoms with E-state index in [9.17, 15) is 0 Å². The van der Waals surface area contributed by atoms with Crippen LogP contribution in [0.1, 0.15) is 25.8 Å². The Morgan fingerprint density at radius 3 is 2.95 bits per heavy atom. The SMILES string of the molecule is CN=C(NCCCOC)N1CCC(C)C(n2ccnc2)C1.I. The topological polar surface area (TPSA) is 54.7 Å². The third-order valence-corrected chi connectivity index (χ3v) is 4.15. The van der Waals surface area contributed by atoms with Crippen LogP contribution in [0.25, 0.3) is 0 Å². The Hall–Kier alpha value is -0.830. The number of guanidine groups is 1. The molecule has 0 saturated carbocycles. The van der Waals surface area contributed by atoms with Gasteiger partial charge in [-0.3, -0.25) is 4.99 Å². The molecule has 0 aromatic carbocycles. The van der Waals surface area contributed by atoms with E-state index in [1.807, 2.05) is 19.6 Å². The van der Waals surface area contributed by atoms with Crippen LogP contribution in [-0.4, -0.2) is 60.8 Å². The van der Waals surface area contributed by atoms with Crippen molar-refractivity contribution in [2.45, 2.75) is 25.8 Å². The highest BCUT2D eigenvalue weighted by Crippen LogP contribution is 2.27. The van der Waals surface area contributed by atoms with Crippen molar-refractivity contribution in [2.24, 2.45) is 10.9 Å². The zero-order valence-electron chi connectivity index (χ0n) is 13.7. The summed E-state index contributed by atoms with van der Waals surface area (Å²) >= 11 is 0. The van der Waals surface area contributed by atoms with Crippen molar-refractivity contribution in [3.63, 3.8) is 0 Å². The van der Waals surface area contributed by atoms with E-state index in [1.165, 1.54) is 6.42 Å². The van der Waals surface area contributed by atoms with Crippen molar-refractivity contribution in [3.8, 4) is 0 Å². The maximum absolute atomic E-state index is 5.08. The second-order valence-electron chi connectivity index (χ2n) is 5.61. The van der Waals surface area contributed by atoms with Gasteiger partial charge in [0.05, 0.1) is 12.4 Å². The van der Waals surface area contributed by atoms with Gasteiger partial charge in [0.25, 0.3) is 0 Å². The average Bonchev–Trinajstić information content (AvgIpc) is 3.02. The number of likely N-dealkylation sites (tertiary alicyclic amines) is 1. The number of piperidine rings is 1. The predicted octanol–water partition coefficient (Wildman–Crippen LogP) is 2.00. The number of rotatable bonds is 5. The molecule has 1 N–H and O–H groups in total. The van der Waals surface area contributed by atoms with Crippen LogP contribution >= 0.6 is 24.0 Å². The van der Waals surface area contributed by atoms with Crippen molar-refractivity contribution in [1.29, 1.82) is 0 Å². The standard InChI is InChI=1S/C15H27N5O.HI/c1-13-5-8-19(11-14(13)20-9-7-17-12-20)15(16-2)18-6-4-10-21-3;/h7,9,12-14H,4-6,8,10-11H2,1-3H3,(H,16,18);1H. The lowest BCUT2D eigenvalue weighted by Crippen LogP contribution is -2.49. The fourth-order valence-electron chi connectivity index (χ4n) is 2.84. The smallest absolute Gasteiger partial charge is 0.193 e. The fraction of sp³-hybridized carbons (Fsp3) is 0.733. The van der Waals surface area contributed by atoms with Gasteiger partial charge in [0, 0.05) is 52.8 Å². The van der Waals surface area contributed by atoms with E-state index in [0.29, 0.717) is 12.0 Å². The molecule has 0 radical (unpaired) electrons. The summed E-state index contributed by atoms with van der Waals surface area (Å²) in [4.78, 5) is 10.9. The van der Waals surface area contributed by atoms with E-state index < -0.39 is 0 Å². The highest BCUT2D eigenvalue weighted by Gasteiger charge is 2.28. The number of imidazole rings is 1. The number of aromatic nitrogens is 2. The summed E-state index contributed by atoms with van der Waals surface area (Å²) in [6.45, 7) is 6.01. The van der Waals surface area contributed by atoms with Crippen molar-refractivity contribution in [3.05, 3.63) is 18.7 Å². The minimum absolute atomic E-state index is 0. The molecule has 1 aliphatic heterocycles. The van der Waals surface area contributed by atoms with Crippen LogP contribution < -0.4 is 5.32 Å². The van der Waals surface area contributed by atoms with Crippen molar-refractivity contribution in [1.82, 2.24) is 19.8 Å². The molecule has 0 aliphatic carbocycles. The maximum Gasteiger partial charge on any atom is 0.193 e. The molecular formula is C15H28IN5O. The Labute approximate surface area is 150 Å². The van der Waals surface area contributed by atoms with Gasteiger partial charge >= 0.3 is 0 Å². The van der Waals surface area contributed by atoms with Gasteiger partial charge in [0.15, 0.2) is 5.96 Å². The van der Waals surface area contributed by atoms with Crippen LogP contribution in [0.3, 0.4) is 0 Å².